The minimum atomic E-state index is -1.22. The van der Waals surface area contributed by atoms with Crippen LogP contribution in [0.2, 0.25) is 0 Å². The summed E-state index contributed by atoms with van der Waals surface area (Å²) in [5.74, 6) is -0.844. The van der Waals surface area contributed by atoms with E-state index in [2.05, 4.69) is 0 Å². The molecule has 4 heteroatoms. The number of benzene rings is 1. The van der Waals surface area contributed by atoms with Crippen LogP contribution in [0.4, 0.5) is 0 Å². The predicted octanol–water partition coefficient (Wildman–Crippen LogP) is 0.280. The maximum Gasteiger partial charge on any atom is 0.0686 e. The molecular weight excluding hydrogens is 200 g/mol. The van der Waals surface area contributed by atoms with E-state index in [9.17, 15) is 15.0 Å². The molecule has 1 atom stereocenters. The summed E-state index contributed by atoms with van der Waals surface area (Å²) in [6, 6.07) is 9.52. The maximum absolute atomic E-state index is 10.1. The van der Waals surface area contributed by atoms with E-state index in [1.165, 1.54) is 11.8 Å². The van der Waals surface area contributed by atoms with Gasteiger partial charge in [-0.3, -0.25) is 0 Å². The molecule has 1 aromatic carbocycles. The molecule has 3 nitrogen and oxygen atoms in total. The maximum atomic E-state index is 10.1. The smallest absolute Gasteiger partial charge is 0.0686 e. The molecule has 0 aliphatic rings. The first-order valence-corrected chi connectivity index (χ1v) is 5.23. The van der Waals surface area contributed by atoms with Gasteiger partial charge in [0, 0.05) is 23.0 Å². The molecule has 0 fully saturated rings. The van der Waals surface area contributed by atoms with Gasteiger partial charge < -0.3 is 15.0 Å². The van der Waals surface area contributed by atoms with Gasteiger partial charge in [0.05, 0.1) is 6.10 Å². The van der Waals surface area contributed by atoms with Crippen LogP contribution in [-0.4, -0.2) is 22.9 Å². The molecule has 0 radical (unpaired) electrons. The van der Waals surface area contributed by atoms with Crippen molar-refractivity contribution in [3.63, 3.8) is 0 Å². The van der Waals surface area contributed by atoms with Crippen molar-refractivity contribution in [1.82, 2.24) is 0 Å². The SMILES string of the molecule is O=C([O-])CC(O)CSc1ccccc1. The van der Waals surface area contributed by atoms with E-state index in [1.54, 1.807) is 0 Å². The summed E-state index contributed by atoms with van der Waals surface area (Å²) < 4.78 is 0. The topological polar surface area (TPSA) is 60.4 Å². The van der Waals surface area contributed by atoms with Crippen LogP contribution in [0.25, 0.3) is 0 Å². The number of carbonyl (C=O) groups is 1. The van der Waals surface area contributed by atoms with Crippen LogP contribution in [0.15, 0.2) is 35.2 Å². The fourth-order valence-electron chi connectivity index (χ4n) is 0.960. The number of aliphatic hydroxyl groups is 1. The second-order valence-corrected chi connectivity index (χ2v) is 3.95. The monoisotopic (exact) mass is 211 g/mol. The molecule has 1 unspecified atom stereocenters. The van der Waals surface area contributed by atoms with Crippen LogP contribution in [-0.2, 0) is 4.79 Å². The van der Waals surface area contributed by atoms with Gasteiger partial charge in [-0.2, -0.15) is 0 Å². The lowest BCUT2D eigenvalue weighted by Crippen LogP contribution is -2.28. The molecule has 14 heavy (non-hydrogen) atoms. The first-order valence-electron chi connectivity index (χ1n) is 4.24. The van der Waals surface area contributed by atoms with Crippen molar-refractivity contribution >= 4 is 17.7 Å². The highest BCUT2D eigenvalue weighted by molar-refractivity contribution is 7.99. The summed E-state index contributed by atoms with van der Waals surface area (Å²) >= 11 is 1.43. The van der Waals surface area contributed by atoms with Gasteiger partial charge in [0.2, 0.25) is 0 Å². The zero-order valence-electron chi connectivity index (χ0n) is 7.55. The largest absolute Gasteiger partial charge is 0.550 e. The Labute approximate surface area is 86.8 Å². The van der Waals surface area contributed by atoms with Crippen molar-refractivity contribution < 1.29 is 15.0 Å². The molecule has 1 rings (SSSR count). The van der Waals surface area contributed by atoms with E-state index in [0.29, 0.717) is 5.75 Å². The highest BCUT2D eigenvalue weighted by Crippen LogP contribution is 2.18. The minimum absolute atomic E-state index is 0.306. The van der Waals surface area contributed by atoms with E-state index >= 15 is 0 Å². The van der Waals surface area contributed by atoms with Crippen molar-refractivity contribution in [2.75, 3.05) is 5.75 Å². The molecule has 0 bridgehead atoms. The Morgan fingerprint density at radius 1 is 1.43 bits per heavy atom. The van der Waals surface area contributed by atoms with Gasteiger partial charge in [-0.15, -0.1) is 11.8 Å². The molecule has 0 aliphatic heterocycles. The van der Waals surface area contributed by atoms with Crippen LogP contribution >= 0.6 is 11.8 Å². The zero-order chi connectivity index (χ0) is 10.4. The molecule has 0 heterocycles. The number of carbonyl (C=O) groups excluding carboxylic acids is 1. The number of rotatable bonds is 5. The van der Waals surface area contributed by atoms with Gasteiger partial charge in [-0.05, 0) is 12.1 Å². The van der Waals surface area contributed by atoms with Gasteiger partial charge in [-0.1, -0.05) is 18.2 Å². The quantitative estimate of drug-likeness (QED) is 0.711. The number of carboxylic acids is 1. The molecular formula is C10H11O3S-. The summed E-state index contributed by atoms with van der Waals surface area (Å²) in [6.45, 7) is 0. The van der Waals surface area contributed by atoms with E-state index < -0.39 is 12.1 Å². The van der Waals surface area contributed by atoms with Gasteiger partial charge in [-0.25, -0.2) is 0 Å². The van der Waals surface area contributed by atoms with Crippen molar-refractivity contribution in [3.8, 4) is 0 Å². The Bertz CT molecular complexity index is 287. The highest BCUT2D eigenvalue weighted by Gasteiger charge is 2.04. The normalized spacial score (nSPS) is 12.4. The Kier molecular flexibility index (Phi) is 4.49. The van der Waals surface area contributed by atoms with Crippen LogP contribution < -0.4 is 5.11 Å². The van der Waals surface area contributed by atoms with Crippen molar-refractivity contribution in [2.45, 2.75) is 17.4 Å². The summed E-state index contributed by atoms with van der Waals surface area (Å²) in [5.41, 5.74) is 0. The Balaban J connectivity index is 2.30. The molecule has 76 valence electrons. The molecule has 1 aromatic rings. The first-order chi connectivity index (χ1) is 6.68. The summed E-state index contributed by atoms with van der Waals surface area (Å²) in [6.07, 6.45) is -1.15. The number of aliphatic carboxylic acids is 1. The van der Waals surface area contributed by atoms with Crippen molar-refractivity contribution in [3.05, 3.63) is 30.3 Å². The van der Waals surface area contributed by atoms with Crippen LogP contribution in [0.3, 0.4) is 0 Å². The highest BCUT2D eigenvalue weighted by atomic mass is 32.2. The number of hydrogen-bond acceptors (Lipinski definition) is 4. The molecule has 0 aromatic heterocycles. The zero-order valence-corrected chi connectivity index (χ0v) is 8.37. The molecule has 1 N–H and O–H groups in total. The Hall–Kier alpha value is -1.00. The van der Waals surface area contributed by atoms with Gasteiger partial charge in [0.25, 0.3) is 0 Å². The van der Waals surface area contributed by atoms with Gasteiger partial charge in [0.15, 0.2) is 0 Å². The minimum Gasteiger partial charge on any atom is -0.550 e. The summed E-state index contributed by atoms with van der Waals surface area (Å²) in [7, 11) is 0. The molecule has 0 spiro atoms. The lowest BCUT2D eigenvalue weighted by molar-refractivity contribution is -0.307. The van der Waals surface area contributed by atoms with E-state index in [1.807, 2.05) is 30.3 Å². The summed E-state index contributed by atoms with van der Waals surface area (Å²) in [4.78, 5) is 11.2. The van der Waals surface area contributed by atoms with Crippen molar-refractivity contribution in [1.29, 1.82) is 0 Å². The second kappa shape index (κ2) is 5.67. The first kappa shape index (κ1) is 11.1. The number of aliphatic hydroxyl groups excluding tert-OH is 1. The molecule has 0 amide bonds. The standard InChI is InChI=1S/C10H12O3S/c11-8(6-10(12)13)7-14-9-4-2-1-3-5-9/h1-5,8,11H,6-7H2,(H,12,13)/p-1. The van der Waals surface area contributed by atoms with Crippen LogP contribution in [0.1, 0.15) is 6.42 Å². The summed E-state index contributed by atoms with van der Waals surface area (Å²) in [5, 5.41) is 19.4. The van der Waals surface area contributed by atoms with Crippen molar-refractivity contribution in [2.24, 2.45) is 0 Å². The Morgan fingerprint density at radius 3 is 2.64 bits per heavy atom. The molecule has 0 saturated carbocycles. The average molecular weight is 211 g/mol. The third-order valence-electron chi connectivity index (χ3n) is 1.59. The lowest BCUT2D eigenvalue weighted by Gasteiger charge is -2.10. The fourth-order valence-corrected chi connectivity index (χ4v) is 1.81. The second-order valence-electron chi connectivity index (χ2n) is 2.85. The number of thioether (sulfide) groups is 1. The predicted molar refractivity (Wildman–Crippen MR) is 52.8 cm³/mol. The fraction of sp³-hybridized carbons (Fsp3) is 0.300. The van der Waals surface area contributed by atoms with Gasteiger partial charge in [0.1, 0.15) is 0 Å². The number of hydrogen-bond donors (Lipinski definition) is 1. The molecule has 0 saturated heterocycles. The third kappa shape index (κ3) is 4.30. The molecule has 0 aliphatic carbocycles. The van der Waals surface area contributed by atoms with E-state index in [0.717, 1.165) is 4.90 Å². The Morgan fingerprint density at radius 2 is 2.07 bits per heavy atom. The number of carboxylic acid groups (broad SMARTS) is 1. The van der Waals surface area contributed by atoms with Gasteiger partial charge >= 0.3 is 0 Å². The average Bonchev–Trinajstić information content (AvgIpc) is 2.15. The van der Waals surface area contributed by atoms with Crippen LogP contribution in [0, 0.1) is 0 Å². The van der Waals surface area contributed by atoms with E-state index in [-0.39, 0.29) is 6.42 Å². The van der Waals surface area contributed by atoms with E-state index in [4.69, 9.17) is 0 Å². The third-order valence-corrected chi connectivity index (χ3v) is 2.74. The van der Waals surface area contributed by atoms with Crippen LogP contribution in [0.5, 0.6) is 0 Å². The lowest BCUT2D eigenvalue weighted by atomic mass is 10.3.